The molecule has 2 atom stereocenters. The molecule has 0 spiro atoms. The molecule has 2 heterocycles. The van der Waals surface area contributed by atoms with Gasteiger partial charge in [0.2, 0.25) is 0 Å². The van der Waals surface area contributed by atoms with E-state index in [1.807, 2.05) is 18.2 Å². The SMILES string of the molecule is OC(CC1CCCCN1)c1ccc2c(c1)OCCCO2. The lowest BCUT2D eigenvalue weighted by molar-refractivity contribution is 0.144. The van der Waals surface area contributed by atoms with E-state index in [4.69, 9.17) is 9.47 Å². The third-order valence-corrected chi connectivity index (χ3v) is 4.08. The van der Waals surface area contributed by atoms with Gasteiger partial charge in [-0.25, -0.2) is 0 Å². The van der Waals surface area contributed by atoms with Crippen LogP contribution in [-0.4, -0.2) is 30.9 Å². The Hall–Kier alpha value is -1.26. The van der Waals surface area contributed by atoms with Gasteiger partial charge in [0.15, 0.2) is 11.5 Å². The fourth-order valence-electron chi connectivity index (χ4n) is 2.92. The molecule has 1 saturated heterocycles. The van der Waals surface area contributed by atoms with Crippen molar-refractivity contribution in [2.24, 2.45) is 0 Å². The van der Waals surface area contributed by atoms with Gasteiger partial charge in [0.25, 0.3) is 0 Å². The number of piperidine rings is 1. The minimum absolute atomic E-state index is 0.426. The van der Waals surface area contributed by atoms with Crippen LogP contribution in [0, 0.1) is 0 Å². The summed E-state index contributed by atoms with van der Waals surface area (Å²) in [5.74, 6) is 1.55. The standard InChI is InChI=1S/C16H23NO3/c18-14(11-13-4-1-2-7-17-13)12-5-6-15-16(10-12)20-9-3-8-19-15/h5-6,10,13-14,17-18H,1-4,7-9,11H2. The number of hydrogen-bond acceptors (Lipinski definition) is 4. The first kappa shape index (κ1) is 13.7. The number of benzene rings is 1. The topological polar surface area (TPSA) is 50.7 Å². The highest BCUT2D eigenvalue weighted by atomic mass is 16.5. The molecule has 1 aromatic carbocycles. The van der Waals surface area contributed by atoms with Crippen molar-refractivity contribution in [3.05, 3.63) is 23.8 Å². The van der Waals surface area contributed by atoms with Crippen molar-refractivity contribution < 1.29 is 14.6 Å². The van der Waals surface area contributed by atoms with E-state index in [1.54, 1.807) is 0 Å². The maximum absolute atomic E-state index is 10.4. The summed E-state index contributed by atoms with van der Waals surface area (Å²) in [6, 6.07) is 6.21. The van der Waals surface area contributed by atoms with Crippen molar-refractivity contribution in [3.63, 3.8) is 0 Å². The summed E-state index contributed by atoms with van der Waals surface area (Å²) >= 11 is 0. The van der Waals surface area contributed by atoms with Gasteiger partial charge in [0, 0.05) is 12.5 Å². The van der Waals surface area contributed by atoms with Crippen molar-refractivity contribution in [1.29, 1.82) is 0 Å². The van der Waals surface area contributed by atoms with Gasteiger partial charge in [-0.1, -0.05) is 12.5 Å². The Morgan fingerprint density at radius 3 is 2.80 bits per heavy atom. The second-order valence-corrected chi connectivity index (χ2v) is 5.65. The molecular formula is C16H23NO3. The zero-order valence-corrected chi connectivity index (χ0v) is 11.8. The molecule has 110 valence electrons. The van der Waals surface area contributed by atoms with Gasteiger partial charge in [-0.2, -0.15) is 0 Å². The summed E-state index contributed by atoms with van der Waals surface area (Å²) in [6.07, 6.45) is 4.88. The van der Waals surface area contributed by atoms with Crippen molar-refractivity contribution in [2.45, 2.75) is 44.2 Å². The summed E-state index contributed by atoms with van der Waals surface area (Å²) in [4.78, 5) is 0. The Morgan fingerprint density at radius 1 is 1.15 bits per heavy atom. The smallest absolute Gasteiger partial charge is 0.161 e. The average molecular weight is 277 g/mol. The molecule has 0 aliphatic carbocycles. The number of nitrogens with one attached hydrogen (secondary N) is 1. The van der Waals surface area contributed by atoms with E-state index in [9.17, 15) is 5.11 Å². The van der Waals surface area contributed by atoms with Crippen molar-refractivity contribution >= 4 is 0 Å². The van der Waals surface area contributed by atoms with Gasteiger partial charge in [-0.3, -0.25) is 0 Å². The van der Waals surface area contributed by atoms with Gasteiger partial charge >= 0.3 is 0 Å². The van der Waals surface area contributed by atoms with Crippen molar-refractivity contribution in [1.82, 2.24) is 5.32 Å². The summed E-state index contributed by atoms with van der Waals surface area (Å²) in [7, 11) is 0. The minimum Gasteiger partial charge on any atom is -0.490 e. The van der Waals surface area contributed by atoms with E-state index >= 15 is 0 Å². The second kappa shape index (κ2) is 6.46. The Morgan fingerprint density at radius 2 is 2.00 bits per heavy atom. The van der Waals surface area contributed by atoms with E-state index in [0.717, 1.165) is 42.9 Å². The molecule has 1 fully saturated rings. The first-order valence-electron chi connectivity index (χ1n) is 7.64. The third-order valence-electron chi connectivity index (χ3n) is 4.08. The lowest BCUT2D eigenvalue weighted by Gasteiger charge is -2.26. The molecule has 0 amide bonds. The Balaban J connectivity index is 1.67. The molecule has 20 heavy (non-hydrogen) atoms. The van der Waals surface area contributed by atoms with Gasteiger partial charge in [-0.05, 0) is 43.5 Å². The summed E-state index contributed by atoms with van der Waals surface area (Å²) < 4.78 is 11.3. The van der Waals surface area contributed by atoms with E-state index in [2.05, 4.69) is 5.32 Å². The van der Waals surface area contributed by atoms with Gasteiger partial charge < -0.3 is 19.9 Å². The molecule has 2 unspecified atom stereocenters. The third kappa shape index (κ3) is 3.25. The molecule has 2 aliphatic rings. The van der Waals surface area contributed by atoms with Crippen LogP contribution in [0.5, 0.6) is 11.5 Å². The number of rotatable bonds is 3. The lowest BCUT2D eigenvalue weighted by atomic mass is 9.96. The molecule has 2 N–H and O–H groups in total. The van der Waals surface area contributed by atoms with Gasteiger partial charge in [0.05, 0.1) is 19.3 Å². The number of ether oxygens (including phenoxy) is 2. The first-order chi connectivity index (χ1) is 9.83. The quantitative estimate of drug-likeness (QED) is 0.891. The molecule has 0 saturated carbocycles. The highest BCUT2D eigenvalue weighted by molar-refractivity contribution is 5.44. The monoisotopic (exact) mass is 277 g/mol. The summed E-state index contributed by atoms with van der Waals surface area (Å²) in [5.41, 5.74) is 0.918. The molecule has 2 aliphatic heterocycles. The van der Waals surface area contributed by atoms with Crippen LogP contribution in [0.1, 0.15) is 43.8 Å². The number of aliphatic hydroxyl groups excluding tert-OH is 1. The largest absolute Gasteiger partial charge is 0.490 e. The normalized spacial score (nSPS) is 23.9. The van der Waals surface area contributed by atoms with Crippen LogP contribution in [0.4, 0.5) is 0 Å². The van der Waals surface area contributed by atoms with E-state index in [0.29, 0.717) is 19.3 Å². The van der Waals surface area contributed by atoms with Crippen LogP contribution in [-0.2, 0) is 0 Å². The highest BCUT2D eigenvalue weighted by Gasteiger charge is 2.20. The van der Waals surface area contributed by atoms with Crippen LogP contribution in [0.25, 0.3) is 0 Å². The molecule has 0 bridgehead atoms. The molecule has 4 nitrogen and oxygen atoms in total. The Kier molecular flexibility index (Phi) is 4.43. The lowest BCUT2D eigenvalue weighted by Crippen LogP contribution is -2.35. The maximum atomic E-state index is 10.4. The number of hydrogen-bond donors (Lipinski definition) is 2. The van der Waals surface area contributed by atoms with Crippen LogP contribution in [0.3, 0.4) is 0 Å². The second-order valence-electron chi connectivity index (χ2n) is 5.65. The molecule has 3 rings (SSSR count). The van der Waals surface area contributed by atoms with E-state index in [-0.39, 0.29) is 0 Å². The molecule has 0 aromatic heterocycles. The van der Waals surface area contributed by atoms with E-state index in [1.165, 1.54) is 12.8 Å². The van der Waals surface area contributed by atoms with Crippen LogP contribution in [0.2, 0.25) is 0 Å². The molecule has 1 aromatic rings. The Bertz CT molecular complexity index is 443. The van der Waals surface area contributed by atoms with Gasteiger partial charge in [-0.15, -0.1) is 0 Å². The molecule has 4 heteroatoms. The predicted octanol–water partition coefficient (Wildman–Crippen LogP) is 2.41. The Labute approximate surface area is 120 Å². The molecular weight excluding hydrogens is 254 g/mol. The summed E-state index contributed by atoms with van der Waals surface area (Å²) in [5, 5.41) is 13.9. The zero-order valence-electron chi connectivity index (χ0n) is 11.8. The fourth-order valence-corrected chi connectivity index (χ4v) is 2.92. The zero-order chi connectivity index (χ0) is 13.8. The fraction of sp³-hybridized carbons (Fsp3) is 0.625. The maximum Gasteiger partial charge on any atom is 0.161 e. The van der Waals surface area contributed by atoms with Gasteiger partial charge in [0.1, 0.15) is 0 Å². The summed E-state index contributed by atoms with van der Waals surface area (Å²) in [6.45, 7) is 2.44. The van der Waals surface area contributed by atoms with Crippen molar-refractivity contribution in [3.8, 4) is 11.5 Å². The highest BCUT2D eigenvalue weighted by Crippen LogP contribution is 2.33. The van der Waals surface area contributed by atoms with Crippen LogP contribution in [0.15, 0.2) is 18.2 Å². The average Bonchev–Trinajstić information content (AvgIpc) is 2.72. The number of fused-ring (bicyclic) bond motifs is 1. The predicted molar refractivity (Wildman–Crippen MR) is 77.3 cm³/mol. The first-order valence-corrected chi connectivity index (χ1v) is 7.64. The van der Waals surface area contributed by atoms with E-state index < -0.39 is 6.10 Å². The van der Waals surface area contributed by atoms with Crippen LogP contribution < -0.4 is 14.8 Å². The van der Waals surface area contributed by atoms with Crippen LogP contribution >= 0.6 is 0 Å². The number of aliphatic hydroxyl groups is 1. The minimum atomic E-state index is -0.442. The van der Waals surface area contributed by atoms with Crippen molar-refractivity contribution in [2.75, 3.05) is 19.8 Å². The molecule has 0 radical (unpaired) electrons.